The fraction of sp³-hybridized carbons (Fsp3) is 0.412. The highest BCUT2D eigenvalue weighted by Crippen LogP contribution is 2.22. The van der Waals surface area contributed by atoms with E-state index in [1.54, 1.807) is 23.5 Å². The molecule has 2 aromatic rings. The van der Waals surface area contributed by atoms with Crippen molar-refractivity contribution in [1.29, 1.82) is 0 Å². The van der Waals surface area contributed by atoms with Gasteiger partial charge in [-0.05, 0) is 24.6 Å². The standard InChI is InChI=1S/C17H21FN2OS/c1-11-14(9-12-5-7-13(18)8-6-12)22-15(20-11)10-19-16(21)17(2,3)4/h5-8H,9-10H2,1-4H3,(H,19,21). The van der Waals surface area contributed by atoms with Crippen LogP contribution in [0.25, 0.3) is 0 Å². The number of carbonyl (C=O) groups excluding carboxylic acids is 1. The number of nitrogens with zero attached hydrogens (tertiary/aromatic N) is 1. The third-order valence-corrected chi connectivity index (χ3v) is 4.45. The van der Waals surface area contributed by atoms with Crippen molar-refractivity contribution in [2.75, 3.05) is 0 Å². The molecule has 2 rings (SSSR count). The Bertz CT molecular complexity index is 656. The SMILES string of the molecule is Cc1nc(CNC(=O)C(C)(C)C)sc1Cc1ccc(F)cc1. The third-order valence-electron chi connectivity index (χ3n) is 3.30. The number of amides is 1. The molecule has 0 bridgehead atoms. The summed E-state index contributed by atoms with van der Waals surface area (Å²) in [6, 6.07) is 6.51. The average Bonchev–Trinajstić information content (AvgIpc) is 2.78. The fourth-order valence-corrected chi connectivity index (χ4v) is 2.98. The predicted molar refractivity (Wildman–Crippen MR) is 87.4 cm³/mol. The van der Waals surface area contributed by atoms with Crippen LogP contribution in [0.15, 0.2) is 24.3 Å². The highest BCUT2D eigenvalue weighted by atomic mass is 32.1. The lowest BCUT2D eigenvalue weighted by molar-refractivity contribution is -0.128. The van der Waals surface area contributed by atoms with Gasteiger partial charge in [-0.1, -0.05) is 32.9 Å². The van der Waals surface area contributed by atoms with Crippen LogP contribution in [0.3, 0.4) is 0 Å². The second-order valence-corrected chi connectivity index (χ2v) is 7.52. The van der Waals surface area contributed by atoms with E-state index in [9.17, 15) is 9.18 Å². The lowest BCUT2D eigenvalue weighted by Crippen LogP contribution is -2.34. The van der Waals surface area contributed by atoms with Crippen LogP contribution in [0.1, 0.15) is 41.9 Å². The van der Waals surface area contributed by atoms with Gasteiger partial charge in [-0.25, -0.2) is 9.37 Å². The highest BCUT2D eigenvalue weighted by molar-refractivity contribution is 7.11. The molecular formula is C17H21FN2OS. The molecule has 1 aromatic heterocycles. The number of rotatable bonds is 4. The van der Waals surface area contributed by atoms with Gasteiger partial charge in [0.1, 0.15) is 10.8 Å². The van der Waals surface area contributed by atoms with E-state index in [-0.39, 0.29) is 11.7 Å². The van der Waals surface area contributed by atoms with Gasteiger partial charge >= 0.3 is 0 Å². The smallest absolute Gasteiger partial charge is 0.225 e. The lowest BCUT2D eigenvalue weighted by atomic mass is 9.96. The molecule has 0 unspecified atom stereocenters. The van der Waals surface area contributed by atoms with Crippen molar-refractivity contribution in [3.8, 4) is 0 Å². The van der Waals surface area contributed by atoms with Gasteiger partial charge in [0.05, 0.1) is 12.2 Å². The molecule has 0 fully saturated rings. The molecule has 0 aliphatic rings. The molecule has 0 aliphatic heterocycles. The number of thiazole rings is 1. The number of halogens is 1. The Kier molecular flexibility index (Phi) is 4.96. The minimum absolute atomic E-state index is 0.0143. The normalized spacial score (nSPS) is 11.5. The number of carbonyl (C=O) groups is 1. The van der Waals surface area contributed by atoms with Crippen molar-refractivity contribution < 1.29 is 9.18 Å². The molecule has 1 aromatic carbocycles. The van der Waals surface area contributed by atoms with Crippen molar-refractivity contribution in [1.82, 2.24) is 10.3 Å². The molecule has 1 amide bonds. The molecule has 0 radical (unpaired) electrons. The summed E-state index contributed by atoms with van der Waals surface area (Å²) in [4.78, 5) is 17.5. The zero-order valence-corrected chi connectivity index (χ0v) is 14.2. The van der Waals surface area contributed by atoms with E-state index < -0.39 is 5.41 Å². The van der Waals surface area contributed by atoms with Crippen LogP contribution in [0.4, 0.5) is 4.39 Å². The number of hydrogen-bond acceptors (Lipinski definition) is 3. The second kappa shape index (κ2) is 6.57. The Labute approximate surface area is 134 Å². The summed E-state index contributed by atoms with van der Waals surface area (Å²) in [5.74, 6) is -0.212. The van der Waals surface area contributed by atoms with Crippen molar-refractivity contribution in [2.45, 2.75) is 40.7 Å². The summed E-state index contributed by atoms with van der Waals surface area (Å²) < 4.78 is 12.9. The van der Waals surface area contributed by atoms with E-state index in [1.165, 1.54) is 12.1 Å². The summed E-state index contributed by atoms with van der Waals surface area (Å²) in [5, 5.41) is 3.81. The molecule has 1 heterocycles. The van der Waals surface area contributed by atoms with E-state index in [4.69, 9.17) is 0 Å². The molecule has 0 saturated heterocycles. The molecule has 0 aliphatic carbocycles. The summed E-state index contributed by atoms with van der Waals surface area (Å²) in [6.07, 6.45) is 0.733. The Morgan fingerprint density at radius 2 is 1.91 bits per heavy atom. The van der Waals surface area contributed by atoms with Gasteiger partial charge in [0.15, 0.2) is 0 Å². The number of hydrogen-bond donors (Lipinski definition) is 1. The van der Waals surface area contributed by atoms with Crippen molar-refractivity contribution in [2.24, 2.45) is 5.41 Å². The molecule has 0 spiro atoms. The number of aromatic nitrogens is 1. The molecule has 3 nitrogen and oxygen atoms in total. The second-order valence-electron chi connectivity index (χ2n) is 6.35. The van der Waals surface area contributed by atoms with E-state index >= 15 is 0 Å². The average molecular weight is 320 g/mol. The van der Waals surface area contributed by atoms with E-state index in [2.05, 4.69) is 10.3 Å². The van der Waals surface area contributed by atoms with Crippen LogP contribution >= 0.6 is 11.3 Å². The van der Waals surface area contributed by atoms with Crippen LogP contribution in [-0.4, -0.2) is 10.9 Å². The van der Waals surface area contributed by atoms with Crippen LogP contribution in [0, 0.1) is 18.2 Å². The Morgan fingerprint density at radius 1 is 1.27 bits per heavy atom. The van der Waals surface area contributed by atoms with Gasteiger partial charge in [0.25, 0.3) is 0 Å². The topological polar surface area (TPSA) is 42.0 Å². The molecule has 0 saturated carbocycles. The maximum atomic E-state index is 12.9. The first-order valence-corrected chi connectivity index (χ1v) is 8.05. The van der Waals surface area contributed by atoms with Crippen LogP contribution in [0.2, 0.25) is 0 Å². The quantitative estimate of drug-likeness (QED) is 0.930. The van der Waals surface area contributed by atoms with Gasteiger partial charge in [0, 0.05) is 16.7 Å². The molecule has 5 heteroatoms. The maximum absolute atomic E-state index is 12.9. The fourth-order valence-electron chi connectivity index (χ4n) is 1.94. The molecule has 0 atom stereocenters. The van der Waals surface area contributed by atoms with Crippen LogP contribution in [-0.2, 0) is 17.8 Å². The maximum Gasteiger partial charge on any atom is 0.225 e. The molecule has 22 heavy (non-hydrogen) atoms. The van der Waals surface area contributed by atoms with Gasteiger partial charge in [-0.15, -0.1) is 11.3 Å². The summed E-state index contributed by atoms with van der Waals surface area (Å²) in [5.41, 5.74) is 1.62. The zero-order chi connectivity index (χ0) is 16.3. The number of nitrogens with one attached hydrogen (secondary N) is 1. The monoisotopic (exact) mass is 320 g/mol. The van der Waals surface area contributed by atoms with Crippen molar-refractivity contribution in [3.63, 3.8) is 0 Å². The van der Waals surface area contributed by atoms with Gasteiger partial charge in [-0.3, -0.25) is 4.79 Å². The summed E-state index contributed by atoms with van der Waals surface area (Å²) in [6.45, 7) is 8.07. The first-order valence-electron chi connectivity index (χ1n) is 7.23. The minimum atomic E-state index is -0.400. The molecular weight excluding hydrogens is 299 g/mol. The molecule has 118 valence electrons. The Hall–Kier alpha value is -1.75. The number of aryl methyl sites for hydroxylation is 1. The van der Waals surface area contributed by atoms with Gasteiger partial charge in [0.2, 0.25) is 5.91 Å². The van der Waals surface area contributed by atoms with Gasteiger partial charge in [-0.2, -0.15) is 0 Å². The Morgan fingerprint density at radius 3 is 2.50 bits per heavy atom. The predicted octanol–water partition coefficient (Wildman–Crippen LogP) is 3.84. The third kappa shape index (κ3) is 4.37. The Balaban J connectivity index is 2.02. The summed E-state index contributed by atoms with van der Waals surface area (Å²) in [7, 11) is 0. The van der Waals surface area contributed by atoms with Crippen LogP contribution < -0.4 is 5.32 Å². The van der Waals surface area contributed by atoms with Gasteiger partial charge < -0.3 is 5.32 Å². The lowest BCUT2D eigenvalue weighted by Gasteiger charge is -2.16. The van der Waals surface area contributed by atoms with Crippen molar-refractivity contribution >= 4 is 17.2 Å². The van der Waals surface area contributed by atoms with E-state index in [0.29, 0.717) is 6.54 Å². The van der Waals surface area contributed by atoms with E-state index in [0.717, 1.165) is 27.6 Å². The molecule has 1 N–H and O–H groups in total. The van der Waals surface area contributed by atoms with E-state index in [1.807, 2.05) is 27.7 Å². The summed E-state index contributed by atoms with van der Waals surface area (Å²) >= 11 is 1.59. The zero-order valence-electron chi connectivity index (χ0n) is 13.4. The van der Waals surface area contributed by atoms with Crippen LogP contribution in [0.5, 0.6) is 0 Å². The first-order chi connectivity index (χ1) is 10.3. The highest BCUT2D eigenvalue weighted by Gasteiger charge is 2.21. The minimum Gasteiger partial charge on any atom is -0.349 e. The number of benzene rings is 1. The van der Waals surface area contributed by atoms with Crippen molar-refractivity contribution in [3.05, 3.63) is 51.2 Å². The largest absolute Gasteiger partial charge is 0.349 e. The first kappa shape index (κ1) is 16.6.